The summed E-state index contributed by atoms with van der Waals surface area (Å²) in [5.74, 6) is 0. The van der Waals surface area contributed by atoms with Crippen molar-refractivity contribution in [3.8, 4) is 0 Å². The van der Waals surface area contributed by atoms with E-state index in [1.54, 1.807) is 7.11 Å². The molecule has 0 radical (unpaired) electrons. The van der Waals surface area contributed by atoms with Crippen LogP contribution in [0.25, 0.3) is 0 Å². The van der Waals surface area contributed by atoms with Gasteiger partial charge in [-0.3, -0.25) is 0 Å². The van der Waals surface area contributed by atoms with Crippen molar-refractivity contribution in [1.29, 1.82) is 0 Å². The van der Waals surface area contributed by atoms with Gasteiger partial charge in [0.1, 0.15) is 6.79 Å². The molecule has 0 aromatic heterocycles. The molecule has 1 aromatic rings. The molecule has 1 unspecified atom stereocenters. The fourth-order valence-corrected chi connectivity index (χ4v) is 2.83. The summed E-state index contributed by atoms with van der Waals surface area (Å²) in [6.07, 6.45) is 6.10. The molecule has 128 valence electrons. The van der Waals surface area contributed by atoms with E-state index in [9.17, 15) is 0 Å². The van der Waals surface area contributed by atoms with E-state index in [0.29, 0.717) is 20.0 Å². The van der Waals surface area contributed by atoms with E-state index in [0.717, 1.165) is 25.7 Å². The largest absolute Gasteiger partial charge is 0.374 e. The number of hydrogen-bond acceptors (Lipinski definition) is 4. The number of rotatable bonds is 11. The molecule has 0 amide bonds. The molecule has 1 saturated heterocycles. The highest BCUT2D eigenvalue weighted by molar-refractivity contribution is 5.13. The average Bonchev–Trinajstić information content (AvgIpc) is 3.05. The van der Waals surface area contributed by atoms with Crippen LogP contribution in [0.5, 0.6) is 0 Å². The van der Waals surface area contributed by atoms with Crippen molar-refractivity contribution in [1.82, 2.24) is 0 Å². The predicted octanol–water partition coefficient (Wildman–Crippen LogP) is 3.71. The topological polar surface area (TPSA) is 36.9 Å². The van der Waals surface area contributed by atoms with Crippen LogP contribution in [0.15, 0.2) is 43.0 Å². The molecule has 2 rings (SSSR count). The van der Waals surface area contributed by atoms with E-state index in [4.69, 9.17) is 18.9 Å². The second-order valence-corrected chi connectivity index (χ2v) is 5.85. The highest BCUT2D eigenvalue weighted by Gasteiger charge is 2.32. The van der Waals surface area contributed by atoms with Crippen molar-refractivity contribution in [2.75, 3.05) is 20.5 Å². The van der Waals surface area contributed by atoms with Crippen LogP contribution in [0.4, 0.5) is 0 Å². The molecule has 0 N–H and O–H groups in total. The van der Waals surface area contributed by atoms with Crippen LogP contribution in [0.1, 0.15) is 31.2 Å². The molecule has 1 fully saturated rings. The molecule has 1 aliphatic rings. The molecular formula is C19H28O4. The molecule has 3 atom stereocenters. The molecule has 0 saturated carbocycles. The maximum Gasteiger partial charge on any atom is 0.146 e. The summed E-state index contributed by atoms with van der Waals surface area (Å²) in [7, 11) is 1.64. The number of ether oxygens (including phenoxy) is 4. The quantitative estimate of drug-likeness (QED) is 0.460. The predicted molar refractivity (Wildman–Crippen MR) is 90.2 cm³/mol. The Bertz CT molecular complexity index is 434. The lowest BCUT2D eigenvalue weighted by atomic mass is 10.1. The maximum absolute atomic E-state index is 6.12. The molecular weight excluding hydrogens is 292 g/mol. The third-order valence-corrected chi connectivity index (χ3v) is 4.03. The Kier molecular flexibility index (Phi) is 8.32. The smallest absolute Gasteiger partial charge is 0.146 e. The molecule has 0 aliphatic carbocycles. The monoisotopic (exact) mass is 320 g/mol. The molecule has 1 aromatic carbocycles. The van der Waals surface area contributed by atoms with E-state index >= 15 is 0 Å². The zero-order valence-electron chi connectivity index (χ0n) is 14.0. The van der Waals surface area contributed by atoms with Gasteiger partial charge in [-0.25, -0.2) is 0 Å². The van der Waals surface area contributed by atoms with Crippen LogP contribution in [-0.2, 0) is 25.6 Å². The number of hydrogen-bond donors (Lipinski definition) is 0. The van der Waals surface area contributed by atoms with Crippen molar-refractivity contribution in [3.05, 3.63) is 48.6 Å². The summed E-state index contributed by atoms with van der Waals surface area (Å²) in [6, 6.07) is 10.2. The summed E-state index contributed by atoms with van der Waals surface area (Å²) in [5.41, 5.74) is 1.19. The van der Waals surface area contributed by atoms with E-state index in [1.165, 1.54) is 5.56 Å². The van der Waals surface area contributed by atoms with Gasteiger partial charge in [0, 0.05) is 7.11 Å². The van der Waals surface area contributed by atoms with Gasteiger partial charge >= 0.3 is 0 Å². The normalized spacial score (nSPS) is 22.1. The van der Waals surface area contributed by atoms with Crippen molar-refractivity contribution < 1.29 is 18.9 Å². The third kappa shape index (κ3) is 6.43. The first-order valence-electron chi connectivity index (χ1n) is 8.32. The van der Waals surface area contributed by atoms with Crippen molar-refractivity contribution in [3.63, 3.8) is 0 Å². The standard InChI is InChI=1S/C19H28O4/c1-3-4-10-18(22-15-20-2)19-12-11-17(23-19)14-21-13-16-8-6-5-7-9-16/h3,5-9,17-19H,1,4,10-15H2,2H3/t17-,18?,19-/m0/s1. The van der Waals surface area contributed by atoms with E-state index in [-0.39, 0.29) is 18.3 Å². The fraction of sp³-hybridized carbons (Fsp3) is 0.579. The average molecular weight is 320 g/mol. The maximum atomic E-state index is 6.12. The second kappa shape index (κ2) is 10.6. The summed E-state index contributed by atoms with van der Waals surface area (Å²) in [6.45, 7) is 5.34. The highest BCUT2D eigenvalue weighted by Crippen LogP contribution is 2.26. The van der Waals surface area contributed by atoms with E-state index in [2.05, 4.69) is 18.7 Å². The summed E-state index contributed by atoms with van der Waals surface area (Å²) >= 11 is 0. The van der Waals surface area contributed by atoms with Gasteiger partial charge in [-0.15, -0.1) is 6.58 Å². The van der Waals surface area contributed by atoms with Crippen LogP contribution < -0.4 is 0 Å². The Morgan fingerprint density at radius 3 is 2.87 bits per heavy atom. The molecule has 0 bridgehead atoms. The molecule has 1 aliphatic heterocycles. The Morgan fingerprint density at radius 2 is 2.13 bits per heavy atom. The van der Waals surface area contributed by atoms with Gasteiger partial charge in [0.15, 0.2) is 0 Å². The zero-order valence-corrected chi connectivity index (χ0v) is 14.0. The van der Waals surface area contributed by atoms with Crippen molar-refractivity contribution >= 4 is 0 Å². The molecule has 1 heterocycles. The van der Waals surface area contributed by atoms with Gasteiger partial charge in [0.2, 0.25) is 0 Å². The summed E-state index contributed by atoms with van der Waals surface area (Å²) in [4.78, 5) is 0. The van der Waals surface area contributed by atoms with Crippen LogP contribution in [0.2, 0.25) is 0 Å². The van der Waals surface area contributed by atoms with E-state index < -0.39 is 0 Å². The first-order valence-corrected chi connectivity index (χ1v) is 8.32. The third-order valence-electron chi connectivity index (χ3n) is 4.03. The van der Waals surface area contributed by atoms with Gasteiger partial charge in [0.05, 0.1) is 31.5 Å². The number of allylic oxidation sites excluding steroid dienone is 1. The Morgan fingerprint density at radius 1 is 1.30 bits per heavy atom. The Balaban J connectivity index is 1.71. The molecule has 0 spiro atoms. The minimum absolute atomic E-state index is 0.0621. The van der Waals surface area contributed by atoms with Crippen molar-refractivity contribution in [2.45, 2.75) is 50.6 Å². The lowest BCUT2D eigenvalue weighted by molar-refractivity contribution is -0.132. The SMILES string of the molecule is C=CCCC(OCOC)[C@@H]1CC[C@@H](COCc2ccccc2)O1. The molecule has 23 heavy (non-hydrogen) atoms. The fourth-order valence-electron chi connectivity index (χ4n) is 2.83. The minimum atomic E-state index is 0.0621. The van der Waals surface area contributed by atoms with Gasteiger partial charge < -0.3 is 18.9 Å². The van der Waals surface area contributed by atoms with Crippen molar-refractivity contribution in [2.24, 2.45) is 0 Å². The first-order chi connectivity index (χ1) is 11.3. The van der Waals surface area contributed by atoms with Crippen LogP contribution in [-0.4, -0.2) is 38.8 Å². The Hall–Kier alpha value is -1.20. The number of benzene rings is 1. The molecule has 4 heteroatoms. The van der Waals surface area contributed by atoms with Gasteiger partial charge in [-0.05, 0) is 31.2 Å². The summed E-state index contributed by atoms with van der Waals surface area (Å²) in [5, 5.41) is 0. The van der Waals surface area contributed by atoms with Gasteiger partial charge in [-0.1, -0.05) is 36.4 Å². The van der Waals surface area contributed by atoms with Crippen LogP contribution >= 0.6 is 0 Å². The lowest BCUT2D eigenvalue weighted by Crippen LogP contribution is -2.31. The van der Waals surface area contributed by atoms with Crippen LogP contribution in [0, 0.1) is 0 Å². The molecule has 4 nitrogen and oxygen atoms in total. The first kappa shape index (κ1) is 18.1. The lowest BCUT2D eigenvalue weighted by Gasteiger charge is -2.23. The Labute approximate surface area is 139 Å². The highest BCUT2D eigenvalue weighted by atomic mass is 16.7. The summed E-state index contributed by atoms with van der Waals surface area (Å²) < 4.78 is 22.7. The number of methoxy groups -OCH3 is 1. The van der Waals surface area contributed by atoms with Gasteiger partial charge in [0.25, 0.3) is 0 Å². The second-order valence-electron chi connectivity index (χ2n) is 5.85. The van der Waals surface area contributed by atoms with E-state index in [1.807, 2.05) is 24.3 Å². The minimum Gasteiger partial charge on any atom is -0.374 e. The van der Waals surface area contributed by atoms with Crippen LogP contribution in [0.3, 0.4) is 0 Å². The zero-order chi connectivity index (χ0) is 16.3. The van der Waals surface area contributed by atoms with Gasteiger partial charge in [-0.2, -0.15) is 0 Å².